The van der Waals surface area contributed by atoms with Gasteiger partial charge in [0.15, 0.2) is 0 Å². The van der Waals surface area contributed by atoms with E-state index in [-0.39, 0.29) is 5.57 Å². The highest BCUT2D eigenvalue weighted by atomic mass is 79.9. The first-order valence-corrected chi connectivity index (χ1v) is 9.32. The van der Waals surface area contributed by atoms with Crippen LogP contribution in [0.4, 0.5) is 10.1 Å². The molecule has 0 bridgehead atoms. The van der Waals surface area contributed by atoms with Gasteiger partial charge in [-0.3, -0.25) is 4.79 Å². The second-order valence-electron chi connectivity index (χ2n) is 6.27. The van der Waals surface area contributed by atoms with Gasteiger partial charge in [0, 0.05) is 27.2 Å². The number of rotatable bonds is 4. The summed E-state index contributed by atoms with van der Waals surface area (Å²) in [6.07, 6.45) is 1.57. The molecule has 1 aromatic heterocycles. The van der Waals surface area contributed by atoms with E-state index in [1.807, 2.05) is 50.2 Å². The van der Waals surface area contributed by atoms with Crippen LogP contribution in [-0.2, 0) is 4.79 Å². The first kappa shape index (κ1) is 19.6. The Bertz CT molecular complexity index is 1090. The van der Waals surface area contributed by atoms with E-state index in [2.05, 4.69) is 25.8 Å². The zero-order chi connectivity index (χ0) is 20.3. The molecule has 0 atom stereocenters. The summed E-state index contributed by atoms with van der Waals surface area (Å²) >= 11 is 3.43. The van der Waals surface area contributed by atoms with Crippen LogP contribution in [-0.4, -0.2) is 10.5 Å². The molecule has 0 saturated carbocycles. The van der Waals surface area contributed by atoms with Gasteiger partial charge in [0.1, 0.15) is 17.5 Å². The lowest BCUT2D eigenvalue weighted by Crippen LogP contribution is -2.13. The standard InChI is InChI=1S/C22H17BrFN3O/c1-14-11-16(15(2)27(14)21-9-3-18(23)4-10-21)12-17(13-25)22(28)26-20-7-5-19(24)6-8-20/h3-12H,1-2H3,(H,26,28)/b17-12+. The maximum atomic E-state index is 13.0. The molecule has 2 aromatic carbocycles. The molecular formula is C22H17BrFN3O. The van der Waals surface area contributed by atoms with Crippen molar-refractivity contribution in [2.75, 3.05) is 5.32 Å². The maximum absolute atomic E-state index is 13.0. The summed E-state index contributed by atoms with van der Waals surface area (Å²) < 4.78 is 16.1. The van der Waals surface area contributed by atoms with Crippen molar-refractivity contribution in [1.29, 1.82) is 5.26 Å². The van der Waals surface area contributed by atoms with E-state index >= 15 is 0 Å². The maximum Gasteiger partial charge on any atom is 0.266 e. The Kier molecular flexibility index (Phi) is 5.76. The topological polar surface area (TPSA) is 57.8 Å². The number of aromatic nitrogens is 1. The Morgan fingerprint density at radius 1 is 1.14 bits per heavy atom. The third-order valence-electron chi connectivity index (χ3n) is 4.32. The van der Waals surface area contributed by atoms with Crippen molar-refractivity contribution in [2.24, 2.45) is 0 Å². The van der Waals surface area contributed by atoms with E-state index in [0.29, 0.717) is 5.69 Å². The number of hydrogen-bond donors (Lipinski definition) is 1. The molecule has 1 N–H and O–H groups in total. The Morgan fingerprint density at radius 3 is 2.39 bits per heavy atom. The summed E-state index contributed by atoms with van der Waals surface area (Å²) in [4.78, 5) is 12.4. The van der Waals surface area contributed by atoms with Gasteiger partial charge in [-0.1, -0.05) is 15.9 Å². The molecule has 4 nitrogen and oxygen atoms in total. The Labute approximate surface area is 171 Å². The van der Waals surface area contributed by atoms with Crippen molar-refractivity contribution in [3.63, 3.8) is 0 Å². The molecule has 3 aromatic rings. The number of benzene rings is 2. The van der Waals surface area contributed by atoms with Crippen LogP contribution in [0.2, 0.25) is 0 Å². The van der Waals surface area contributed by atoms with Gasteiger partial charge in [0.25, 0.3) is 5.91 Å². The molecule has 0 aliphatic carbocycles. The molecule has 0 spiro atoms. The van der Waals surface area contributed by atoms with E-state index < -0.39 is 11.7 Å². The highest BCUT2D eigenvalue weighted by Gasteiger charge is 2.14. The fourth-order valence-electron chi connectivity index (χ4n) is 2.96. The number of carbonyl (C=O) groups is 1. The highest BCUT2D eigenvalue weighted by Crippen LogP contribution is 2.24. The number of carbonyl (C=O) groups excluding carboxylic acids is 1. The number of hydrogen-bond acceptors (Lipinski definition) is 2. The second-order valence-corrected chi connectivity index (χ2v) is 7.18. The number of nitriles is 1. The molecule has 0 aliphatic heterocycles. The summed E-state index contributed by atoms with van der Waals surface area (Å²) in [5, 5.41) is 12.1. The minimum atomic E-state index is -0.539. The first-order chi connectivity index (χ1) is 13.4. The van der Waals surface area contributed by atoms with Crippen LogP contribution in [0.15, 0.2) is 64.6 Å². The molecule has 140 valence electrons. The van der Waals surface area contributed by atoms with Gasteiger partial charge in [0.05, 0.1) is 0 Å². The Hall–Kier alpha value is -3.17. The minimum absolute atomic E-state index is 0.0274. The van der Waals surface area contributed by atoms with Gasteiger partial charge in [-0.15, -0.1) is 0 Å². The lowest BCUT2D eigenvalue weighted by Gasteiger charge is -2.09. The van der Waals surface area contributed by atoms with Crippen molar-refractivity contribution < 1.29 is 9.18 Å². The normalized spacial score (nSPS) is 11.2. The van der Waals surface area contributed by atoms with E-state index in [0.717, 1.165) is 27.1 Å². The second kappa shape index (κ2) is 8.24. The lowest BCUT2D eigenvalue weighted by molar-refractivity contribution is -0.112. The monoisotopic (exact) mass is 437 g/mol. The average Bonchev–Trinajstić information content (AvgIpc) is 2.95. The van der Waals surface area contributed by atoms with E-state index in [4.69, 9.17) is 0 Å². The minimum Gasteiger partial charge on any atom is -0.321 e. The first-order valence-electron chi connectivity index (χ1n) is 8.52. The van der Waals surface area contributed by atoms with Gasteiger partial charge >= 0.3 is 0 Å². The number of aryl methyl sites for hydroxylation is 1. The van der Waals surface area contributed by atoms with Crippen LogP contribution in [0.1, 0.15) is 17.0 Å². The molecule has 6 heteroatoms. The van der Waals surface area contributed by atoms with Crippen LogP contribution < -0.4 is 5.32 Å². The molecule has 1 amide bonds. The largest absolute Gasteiger partial charge is 0.321 e. The number of amides is 1. The van der Waals surface area contributed by atoms with Gasteiger partial charge in [-0.2, -0.15) is 5.26 Å². The summed E-state index contributed by atoms with van der Waals surface area (Å²) in [5.74, 6) is -0.933. The summed E-state index contributed by atoms with van der Waals surface area (Å²) in [5.41, 5.74) is 4.08. The molecule has 0 fully saturated rings. The smallest absolute Gasteiger partial charge is 0.266 e. The zero-order valence-electron chi connectivity index (χ0n) is 15.3. The third kappa shape index (κ3) is 4.21. The number of anilines is 1. The lowest BCUT2D eigenvalue weighted by atomic mass is 10.1. The van der Waals surface area contributed by atoms with Crippen molar-refractivity contribution >= 4 is 33.6 Å². The number of halogens is 2. The van der Waals surface area contributed by atoms with Crippen LogP contribution in [0.25, 0.3) is 11.8 Å². The van der Waals surface area contributed by atoms with Crippen LogP contribution in [0.5, 0.6) is 0 Å². The molecule has 28 heavy (non-hydrogen) atoms. The molecule has 0 unspecified atom stereocenters. The summed E-state index contributed by atoms with van der Waals surface area (Å²) in [6.45, 7) is 3.91. The average molecular weight is 438 g/mol. The molecular weight excluding hydrogens is 421 g/mol. The molecule has 0 radical (unpaired) electrons. The van der Waals surface area contributed by atoms with Crippen molar-refractivity contribution in [2.45, 2.75) is 13.8 Å². The zero-order valence-corrected chi connectivity index (χ0v) is 16.9. The molecule has 1 heterocycles. The van der Waals surface area contributed by atoms with Gasteiger partial charge in [-0.25, -0.2) is 4.39 Å². The SMILES string of the molecule is Cc1cc(/C=C(\C#N)C(=O)Nc2ccc(F)cc2)c(C)n1-c1ccc(Br)cc1. The van der Waals surface area contributed by atoms with Crippen LogP contribution in [0, 0.1) is 31.0 Å². The highest BCUT2D eigenvalue weighted by molar-refractivity contribution is 9.10. The van der Waals surface area contributed by atoms with Crippen molar-refractivity contribution in [1.82, 2.24) is 4.57 Å². The predicted molar refractivity (Wildman–Crippen MR) is 112 cm³/mol. The van der Waals surface area contributed by atoms with E-state index in [1.54, 1.807) is 6.08 Å². The van der Waals surface area contributed by atoms with Crippen molar-refractivity contribution in [3.8, 4) is 11.8 Å². The van der Waals surface area contributed by atoms with Gasteiger partial charge in [0.2, 0.25) is 0 Å². The quantitative estimate of drug-likeness (QED) is 0.430. The fourth-order valence-corrected chi connectivity index (χ4v) is 3.22. The number of nitrogens with zero attached hydrogens (tertiary/aromatic N) is 2. The third-order valence-corrected chi connectivity index (χ3v) is 4.85. The van der Waals surface area contributed by atoms with E-state index in [9.17, 15) is 14.4 Å². The van der Waals surface area contributed by atoms with Crippen LogP contribution >= 0.6 is 15.9 Å². The Balaban J connectivity index is 1.91. The summed E-state index contributed by atoms with van der Waals surface area (Å²) in [6, 6.07) is 17.2. The fraction of sp³-hybridized carbons (Fsp3) is 0.0909. The number of nitrogens with one attached hydrogen (secondary N) is 1. The molecule has 0 saturated heterocycles. The van der Waals surface area contributed by atoms with Gasteiger partial charge in [-0.05, 0) is 80.1 Å². The molecule has 3 rings (SSSR count). The Morgan fingerprint density at radius 2 is 1.79 bits per heavy atom. The van der Waals surface area contributed by atoms with E-state index in [1.165, 1.54) is 24.3 Å². The summed E-state index contributed by atoms with van der Waals surface area (Å²) in [7, 11) is 0. The molecule has 0 aliphatic rings. The van der Waals surface area contributed by atoms with Gasteiger partial charge < -0.3 is 9.88 Å². The predicted octanol–water partition coefficient (Wildman–Crippen LogP) is 5.54. The van der Waals surface area contributed by atoms with Crippen molar-refractivity contribution in [3.05, 3.63) is 87.4 Å². The van der Waals surface area contributed by atoms with Crippen LogP contribution in [0.3, 0.4) is 0 Å².